The molecule has 0 bridgehead atoms. The minimum absolute atomic E-state index is 0.0400. The molecule has 0 saturated heterocycles. The molecule has 0 aliphatic rings. The second kappa shape index (κ2) is 62.0. The molecule has 0 heterocycles. The summed E-state index contributed by atoms with van der Waals surface area (Å²) < 4.78 is 30.8. The van der Waals surface area contributed by atoms with Gasteiger partial charge in [-0.05, 0) is 70.3 Å². The normalized spacial score (nSPS) is 13.8. The molecule has 3 unspecified atom stereocenters. The largest absolute Gasteiger partial charge is 0.472 e. The van der Waals surface area contributed by atoms with Crippen molar-refractivity contribution in [3.05, 3.63) is 48.6 Å². The summed E-state index contributed by atoms with van der Waals surface area (Å²) >= 11 is 0. The van der Waals surface area contributed by atoms with E-state index < -0.39 is 20.0 Å². The van der Waals surface area contributed by atoms with Gasteiger partial charge in [0.25, 0.3) is 0 Å². The molecule has 1 amide bonds. The van der Waals surface area contributed by atoms with Gasteiger partial charge in [-0.25, -0.2) is 4.57 Å². The van der Waals surface area contributed by atoms with Crippen LogP contribution >= 0.6 is 7.82 Å². The van der Waals surface area contributed by atoms with Crippen molar-refractivity contribution in [2.75, 3.05) is 40.9 Å². The van der Waals surface area contributed by atoms with Gasteiger partial charge < -0.3 is 19.4 Å². The Morgan fingerprint density at radius 2 is 0.744 bits per heavy atom. The number of carbonyl (C=O) groups is 2. The average Bonchev–Trinajstić information content (AvgIpc) is 3.44. The third kappa shape index (κ3) is 62.5. The van der Waals surface area contributed by atoms with Crippen LogP contribution in [-0.4, -0.2) is 74.3 Å². The number of allylic oxidation sites excluding steroid dienone is 7. The molecule has 9 nitrogen and oxygen atoms in total. The van der Waals surface area contributed by atoms with E-state index in [0.717, 1.165) is 83.5 Å². The first-order chi connectivity index (χ1) is 39.9. The number of carbonyl (C=O) groups excluding carboxylic acids is 2. The molecule has 0 radical (unpaired) electrons. The zero-order chi connectivity index (χ0) is 60.0. The molecule has 82 heavy (non-hydrogen) atoms. The maximum absolute atomic E-state index is 13.6. The van der Waals surface area contributed by atoms with Crippen molar-refractivity contribution in [1.29, 1.82) is 0 Å². The number of hydrogen-bond acceptors (Lipinski definition) is 6. The van der Waals surface area contributed by atoms with Gasteiger partial charge in [-0.1, -0.05) is 314 Å². The van der Waals surface area contributed by atoms with Crippen LogP contribution in [0.2, 0.25) is 0 Å². The number of quaternary nitrogens is 1. The van der Waals surface area contributed by atoms with Crippen molar-refractivity contribution >= 4 is 19.7 Å². The van der Waals surface area contributed by atoms with Crippen LogP contribution < -0.4 is 5.32 Å². The van der Waals surface area contributed by atoms with Gasteiger partial charge in [-0.15, -0.1) is 0 Å². The molecule has 0 saturated carbocycles. The van der Waals surface area contributed by atoms with E-state index in [2.05, 4.69) is 62.5 Å². The minimum atomic E-state index is -4.45. The number of unbranched alkanes of at least 4 members (excludes halogenated alkanes) is 43. The van der Waals surface area contributed by atoms with Crippen molar-refractivity contribution in [3.8, 4) is 0 Å². The fourth-order valence-corrected chi connectivity index (χ4v) is 11.3. The minimum Gasteiger partial charge on any atom is -0.456 e. The number of rotatable bonds is 65. The Balaban J connectivity index is 5.07. The fourth-order valence-electron chi connectivity index (χ4n) is 10.5. The smallest absolute Gasteiger partial charge is 0.456 e. The molecule has 482 valence electrons. The van der Waals surface area contributed by atoms with Crippen molar-refractivity contribution in [2.45, 2.75) is 360 Å². The topological polar surface area (TPSA) is 111 Å². The molecule has 0 fully saturated rings. The average molecular weight is 1170 g/mol. The lowest BCUT2D eigenvalue weighted by atomic mass is 10.0. The van der Waals surface area contributed by atoms with E-state index in [9.17, 15) is 19.0 Å². The van der Waals surface area contributed by atoms with Gasteiger partial charge in [-0.2, -0.15) is 0 Å². The zero-order valence-corrected chi connectivity index (χ0v) is 56.1. The number of esters is 1. The molecule has 0 aromatic heterocycles. The molecule has 2 N–H and O–H groups in total. The van der Waals surface area contributed by atoms with Gasteiger partial charge >= 0.3 is 13.8 Å². The van der Waals surface area contributed by atoms with E-state index in [-0.39, 0.29) is 25.1 Å². The number of phosphoric ester groups is 1. The first-order valence-corrected chi connectivity index (χ1v) is 37.0. The summed E-state index contributed by atoms with van der Waals surface area (Å²) in [5.74, 6) is -0.497. The van der Waals surface area contributed by atoms with Gasteiger partial charge in [0, 0.05) is 12.8 Å². The molecule has 0 rings (SSSR count). The van der Waals surface area contributed by atoms with Crippen molar-refractivity contribution < 1.29 is 37.3 Å². The Morgan fingerprint density at radius 1 is 0.427 bits per heavy atom. The highest BCUT2D eigenvalue weighted by Gasteiger charge is 2.30. The monoisotopic (exact) mass is 1170 g/mol. The molecule has 0 aliphatic carbocycles. The van der Waals surface area contributed by atoms with Gasteiger partial charge in [-0.3, -0.25) is 18.6 Å². The summed E-state index contributed by atoms with van der Waals surface area (Å²) in [6.07, 6.45) is 78.3. The molecule has 10 heteroatoms. The third-order valence-electron chi connectivity index (χ3n) is 16.0. The maximum atomic E-state index is 13.6. The number of phosphoric acid groups is 1. The first kappa shape index (κ1) is 80.0. The number of ether oxygens (including phenoxy) is 1. The number of nitrogens with zero attached hydrogens (tertiary/aromatic N) is 1. The number of hydrogen-bond donors (Lipinski definition) is 2. The first-order valence-electron chi connectivity index (χ1n) is 35.5. The quantitative estimate of drug-likeness (QED) is 0.0205. The third-order valence-corrected chi connectivity index (χ3v) is 17.0. The van der Waals surface area contributed by atoms with E-state index in [0.29, 0.717) is 23.9 Å². The molecule has 0 spiro atoms. The lowest BCUT2D eigenvalue weighted by molar-refractivity contribution is -0.870. The van der Waals surface area contributed by atoms with Gasteiger partial charge in [0.05, 0.1) is 33.8 Å². The van der Waals surface area contributed by atoms with Crippen LogP contribution in [0.15, 0.2) is 48.6 Å². The van der Waals surface area contributed by atoms with E-state index in [1.807, 2.05) is 33.3 Å². The van der Waals surface area contributed by atoms with Crippen LogP contribution in [0, 0.1) is 0 Å². The predicted molar refractivity (Wildman–Crippen MR) is 355 cm³/mol. The Bertz CT molecular complexity index is 1540. The summed E-state index contributed by atoms with van der Waals surface area (Å²) in [6.45, 7) is 7.03. The second-order valence-corrected chi connectivity index (χ2v) is 26.9. The number of likely N-dealkylation sites (N-methyl/N-ethyl adjacent to an activating group) is 1. The SMILES string of the molecule is CCCCC/C=C\C/C=C\C/C=C\CCCCCCCCCCC(=O)NC(COP(=O)(O)OCC[N+](C)(C)C)C(/C=C/CCCCCCCCCCCC)OC(=O)CCCCCCCCCCCCCCCCCCCCCCCCC. The molecular weight excluding hydrogens is 1040 g/mol. The lowest BCUT2D eigenvalue weighted by Gasteiger charge is -2.27. The van der Waals surface area contributed by atoms with Crippen molar-refractivity contribution in [1.82, 2.24) is 5.32 Å². The standard InChI is InChI=1S/C72H137N2O7P/c1-7-10-13-16-19-22-25-28-30-32-34-36-37-39-41-43-45-47-50-53-56-59-62-65-72(76)81-70(63-60-57-54-51-48-27-24-21-18-15-12-9-3)69(68-80-82(77,78)79-67-66-74(4,5)6)73-71(75)64-61-58-55-52-49-46-44-42-40-38-35-33-31-29-26-23-20-17-14-11-8-2/h20,23,29,31,35,38,60,63,69-70H,7-19,21-22,24-28,30,32-34,36-37,39-59,61-62,64-68H2,1-6H3,(H-,73,75,77,78)/p+1/b23-20-,31-29-,38-35-,63-60+. The van der Waals surface area contributed by atoms with E-state index >= 15 is 0 Å². The molecule has 3 atom stereocenters. The molecule has 0 aromatic rings. The van der Waals surface area contributed by atoms with E-state index in [1.165, 1.54) is 231 Å². The van der Waals surface area contributed by atoms with Crippen LogP contribution in [0.25, 0.3) is 0 Å². The highest BCUT2D eigenvalue weighted by atomic mass is 31.2. The summed E-state index contributed by atoms with van der Waals surface area (Å²) in [5, 5.41) is 3.07. The van der Waals surface area contributed by atoms with E-state index in [4.69, 9.17) is 13.8 Å². The highest BCUT2D eigenvalue weighted by Crippen LogP contribution is 2.43. The Morgan fingerprint density at radius 3 is 1.13 bits per heavy atom. The Labute approximate surface area is 509 Å². The number of nitrogens with one attached hydrogen (secondary N) is 1. The van der Waals surface area contributed by atoms with E-state index in [1.54, 1.807) is 0 Å². The zero-order valence-electron chi connectivity index (χ0n) is 55.2. The predicted octanol–water partition coefficient (Wildman–Crippen LogP) is 22.4. The Kier molecular flexibility index (Phi) is 60.5. The van der Waals surface area contributed by atoms with Gasteiger partial charge in [0.2, 0.25) is 5.91 Å². The van der Waals surface area contributed by atoms with Gasteiger partial charge in [0.1, 0.15) is 19.3 Å². The summed E-state index contributed by atoms with van der Waals surface area (Å²) in [7, 11) is 1.50. The highest BCUT2D eigenvalue weighted by molar-refractivity contribution is 7.47. The van der Waals surface area contributed by atoms with Gasteiger partial charge in [0.15, 0.2) is 0 Å². The van der Waals surface area contributed by atoms with Crippen LogP contribution in [-0.2, 0) is 27.9 Å². The Hall–Kier alpha value is -2.03. The second-order valence-electron chi connectivity index (χ2n) is 25.4. The lowest BCUT2D eigenvalue weighted by Crippen LogP contribution is -2.47. The van der Waals surface area contributed by atoms with Crippen LogP contribution in [0.3, 0.4) is 0 Å². The summed E-state index contributed by atoms with van der Waals surface area (Å²) in [4.78, 5) is 37.9. The van der Waals surface area contributed by atoms with Crippen LogP contribution in [0.1, 0.15) is 348 Å². The molecule has 0 aliphatic heterocycles. The van der Waals surface area contributed by atoms with Crippen LogP contribution in [0.5, 0.6) is 0 Å². The van der Waals surface area contributed by atoms with Crippen LogP contribution in [0.4, 0.5) is 0 Å². The molecular formula is C72H138N2O7P+. The summed E-state index contributed by atoms with van der Waals surface area (Å²) in [5.41, 5.74) is 0. The summed E-state index contributed by atoms with van der Waals surface area (Å²) in [6, 6.07) is -0.851. The number of amides is 1. The molecule has 0 aromatic carbocycles. The van der Waals surface area contributed by atoms with Crippen molar-refractivity contribution in [2.24, 2.45) is 0 Å². The fraction of sp³-hybridized carbons (Fsp3) is 0.861. The maximum Gasteiger partial charge on any atom is 0.472 e. The van der Waals surface area contributed by atoms with Crippen molar-refractivity contribution in [3.63, 3.8) is 0 Å².